The Morgan fingerprint density at radius 2 is 1.96 bits per heavy atom. The Hall–Kier alpha value is -2.75. The summed E-state index contributed by atoms with van der Waals surface area (Å²) >= 11 is 9.05. The second-order valence-electron chi connectivity index (χ2n) is 5.77. The first kappa shape index (κ1) is 18.6. The van der Waals surface area contributed by atoms with Gasteiger partial charge in [0.15, 0.2) is 5.82 Å². The molecular formula is C18H14ClN5O2S2. The van der Waals surface area contributed by atoms with Crippen LogP contribution in [0.2, 0.25) is 5.02 Å². The summed E-state index contributed by atoms with van der Waals surface area (Å²) in [5.74, 6) is -0.792. The standard InChI is InChI=1S/C18H14ClN5O2S2/c19-12-4-1-2-5-13(12)21-17(26)16(25)20-8-7-11-10-28-18-22-15(23-24(11)18)14-6-3-9-27-14/h1-6,9-10H,7-8H2,(H,20,25)(H,21,26). The predicted molar refractivity (Wildman–Crippen MR) is 111 cm³/mol. The van der Waals surface area contributed by atoms with Gasteiger partial charge in [-0.1, -0.05) is 29.8 Å². The monoisotopic (exact) mass is 431 g/mol. The highest BCUT2D eigenvalue weighted by molar-refractivity contribution is 7.15. The summed E-state index contributed by atoms with van der Waals surface area (Å²) in [7, 11) is 0. The van der Waals surface area contributed by atoms with Crippen molar-refractivity contribution in [2.24, 2.45) is 0 Å². The van der Waals surface area contributed by atoms with Crippen LogP contribution in [-0.2, 0) is 16.0 Å². The van der Waals surface area contributed by atoms with E-state index >= 15 is 0 Å². The first-order chi connectivity index (χ1) is 13.6. The van der Waals surface area contributed by atoms with Gasteiger partial charge in [0.05, 0.1) is 21.3 Å². The van der Waals surface area contributed by atoms with Crippen LogP contribution in [0.4, 0.5) is 5.69 Å². The Balaban J connectivity index is 1.35. The van der Waals surface area contributed by atoms with Gasteiger partial charge in [-0.25, -0.2) is 4.52 Å². The third-order valence-corrected chi connectivity index (χ3v) is 5.95. The van der Waals surface area contributed by atoms with Crippen LogP contribution in [0.3, 0.4) is 0 Å². The van der Waals surface area contributed by atoms with Gasteiger partial charge in [-0.3, -0.25) is 9.59 Å². The van der Waals surface area contributed by atoms with Gasteiger partial charge in [0.1, 0.15) is 0 Å². The first-order valence-corrected chi connectivity index (χ1v) is 10.5. The zero-order valence-electron chi connectivity index (χ0n) is 14.4. The molecule has 0 unspecified atom stereocenters. The highest BCUT2D eigenvalue weighted by Gasteiger charge is 2.16. The number of aromatic nitrogens is 3. The molecule has 0 atom stereocenters. The Morgan fingerprint density at radius 3 is 2.75 bits per heavy atom. The van der Waals surface area contributed by atoms with Crippen LogP contribution in [-0.4, -0.2) is 33.0 Å². The van der Waals surface area contributed by atoms with Crippen molar-refractivity contribution >= 4 is 56.7 Å². The highest BCUT2D eigenvalue weighted by Crippen LogP contribution is 2.24. The lowest BCUT2D eigenvalue weighted by atomic mass is 10.3. The van der Waals surface area contributed by atoms with E-state index in [4.69, 9.17) is 11.6 Å². The molecule has 4 aromatic rings. The number of para-hydroxylation sites is 1. The number of nitrogens with one attached hydrogen (secondary N) is 2. The number of thiazole rings is 1. The number of carbonyl (C=O) groups excluding carboxylic acids is 2. The molecule has 0 saturated heterocycles. The smallest absolute Gasteiger partial charge is 0.313 e. The second kappa shape index (κ2) is 8.09. The lowest BCUT2D eigenvalue weighted by Gasteiger charge is -2.07. The Morgan fingerprint density at radius 1 is 1.11 bits per heavy atom. The minimum absolute atomic E-state index is 0.300. The number of benzene rings is 1. The van der Waals surface area contributed by atoms with Gasteiger partial charge in [-0.15, -0.1) is 27.8 Å². The van der Waals surface area contributed by atoms with Crippen molar-refractivity contribution in [3.8, 4) is 10.7 Å². The van der Waals surface area contributed by atoms with Gasteiger partial charge in [0.25, 0.3) is 0 Å². The number of fused-ring (bicyclic) bond motifs is 1. The van der Waals surface area contributed by atoms with Crippen LogP contribution in [0.5, 0.6) is 0 Å². The highest BCUT2D eigenvalue weighted by atomic mass is 35.5. The molecule has 142 valence electrons. The molecule has 0 fully saturated rings. The number of hydrogen-bond donors (Lipinski definition) is 2. The second-order valence-corrected chi connectivity index (χ2v) is 7.97. The molecule has 0 aliphatic carbocycles. The van der Waals surface area contributed by atoms with Crippen molar-refractivity contribution in [3.63, 3.8) is 0 Å². The van der Waals surface area contributed by atoms with E-state index in [0.29, 0.717) is 29.5 Å². The Kier molecular flexibility index (Phi) is 5.38. The summed E-state index contributed by atoms with van der Waals surface area (Å²) in [5, 5.41) is 13.9. The zero-order valence-corrected chi connectivity index (χ0v) is 16.8. The first-order valence-electron chi connectivity index (χ1n) is 8.32. The Bertz CT molecular complexity index is 1140. The van der Waals surface area contributed by atoms with Crippen LogP contribution in [0, 0.1) is 0 Å². The molecule has 1 aromatic carbocycles. The fourth-order valence-corrected chi connectivity index (χ4v) is 4.22. The molecule has 0 aliphatic rings. The van der Waals surface area contributed by atoms with E-state index in [-0.39, 0.29) is 0 Å². The van der Waals surface area contributed by atoms with E-state index in [1.807, 2.05) is 22.9 Å². The maximum Gasteiger partial charge on any atom is 0.313 e. The predicted octanol–water partition coefficient (Wildman–Crippen LogP) is 3.47. The van der Waals surface area contributed by atoms with E-state index in [9.17, 15) is 9.59 Å². The van der Waals surface area contributed by atoms with Crippen molar-refractivity contribution in [3.05, 3.63) is 57.9 Å². The largest absolute Gasteiger partial charge is 0.347 e. The molecule has 2 N–H and O–H groups in total. The van der Waals surface area contributed by atoms with Crippen molar-refractivity contribution in [2.45, 2.75) is 6.42 Å². The topological polar surface area (TPSA) is 88.4 Å². The molecule has 28 heavy (non-hydrogen) atoms. The molecule has 10 heteroatoms. The molecule has 3 heterocycles. The SMILES string of the molecule is O=C(NCCc1csc2nc(-c3cccs3)nn12)C(=O)Nc1ccccc1Cl. The average Bonchev–Trinajstić information content (AvgIpc) is 3.41. The molecule has 0 saturated carbocycles. The number of amides is 2. The molecule has 0 spiro atoms. The number of thiophene rings is 1. The number of anilines is 1. The van der Waals surface area contributed by atoms with Gasteiger partial charge < -0.3 is 10.6 Å². The van der Waals surface area contributed by atoms with Gasteiger partial charge in [-0.2, -0.15) is 4.98 Å². The zero-order chi connectivity index (χ0) is 19.5. The number of rotatable bonds is 5. The summed E-state index contributed by atoms with van der Waals surface area (Å²) in [6, 6.07) is 10.7. The summed E-state index contributed by atoms with van der Waals surface area (Å²) < 4.78 is 1.77. The van der Waals surface area contributed by atoms with Gasteiger partial charge in [-0.05, 0) is 23.6 Å². The van der Waals surface area contributed by atoms with E-state index < -0.39 is 11.8 Å². The molecule has 7 nitrogen and oxygen atoms in total. The van der Waals surface area contributed by atoms with Crippen LogP contribution in [0.1, 0.15) is 5.69 Å². The number of hydrogen-bond acceptors (Lipinski definition) is 6. The lowest BCUT2D eigenvalue weighted by Crippen LogP contribution is -2.36. The number of nitrogens with zero attached hydrogens (tertiary/aromatic N) is 3. The van der Waals surface area contributed by atoms with E-state index in [2.05, 4.69) is 20.7 Å². The quantitative estimate of drug-likeness (QED) is 0.473. The number of halogens is 1. The summed E-state index contributed by atoms with van der Waals surface area (Å²) in [6.45, 7) is 0.300. The van der Waals surface area contributed by atoms with Crippen LogP contribution in [0.25, 0.3) is 15.7 Å². The van der Waals surface area contributed by atoms with Crippen LogP contribution < -0.4 is 10.6 Å². The van der Waals surface area contributed by atoms with Crippen molar-refractivity contribution < 1.29 is 9.59 Å². The molecule has 3 aromatic heterocycles. The molecule has 0 bridgehead atoms. The van der Waals surface area contributed by atoms with Gasteiger partial charge >= 0.3 is 11.8 Å². The van der Waals surface area contributed by atoms with E-state index in [0.717, 1.165) is 15.5 Å². The summed E-state index contributed by atoms with van der Waals surface area (Å²) in [4.78, 5) is 30.3. The minimum Gasteiger partial charge on any atom is -0.347 e. The fourth-order valence-electron chi connectivity index (χ4n) is 2.53. The lowest BCUT2D eigenvalue weighted by molar-refractivity contribution is -0.136. The third-order valence-electron chi connectivity index (χ3n) is 3.89. The third kappa shape index (κ3) is 3.91. The number of carbonyl (C=O) groups is 2. The fraction of sp³-hybridized carbons (Fsp3) is 0.111. The van der Waals surface area contributed by atoms with Crippen molar-refractivity contribution in [1.82, 2.24) is 19.9 Å². The van der Waals surface area contributed by atoms with Crippen molar-refractivity contribution in [2.75, 3.05) is 11.9 Å². The average molecular weight is 432 g/mol. The Labute approximate surface area is 173 Å². The molecule has 0 aliphatic heterocycles. The van der Waals surface area contributed by atoms with Crippen LogP contribution >= 0.6 is 34.3 Å². The van der Waals surface area contributed by atoms with E-state index in [1.165, 1.54) is 11.3 Å². The normalized spacial score (nSPS) is 10.9. The molecule has 2 amide bonds. The molecular weight excluding hydrogens is 418 g/mol. The van der Waals surface area contributed by atoms with Gasteiger partial charge in [0, 0.05) is 18.3 Å². The minimum atomic E-state index is -0.760. The maximum absolute atomic E-state index is 12.0. The summed E-state index contributed by atoms with van der Waals surface area (Å²) in [5.41, 5.74) is 1.31. The maximum atomic E-state index is 12.0. The summed E-state index contributed by atoms with van der Waals surface area (Å²) in [6.07, 6.45) is 0.526. The van der Waals surface area contributed by atoms with Crippen LogP contribution in [0.15, 0.2) is 47.2 Å². The van der Waals surface area contributed by atoms with Gasteiger partial charge in [0.2, 0.25) is 4.96 Å². The molecule has 4 rings (SSSR count). The van der Waals surface area contributed by atoms with E-state index in [1.54, 1.807) is 40.1 Å². The van der Waals surface area contributed by atoms with Crippen molar-refractivity contribution in [1.29, 1.82) is 0 Å². The molecule has 0 radical (unpaired) electrons.